The van der Waals surface area contributed by atoms with E-state index in [1.165, 1.54) is 0 Å². The maximum absolute atomic E-state index is 10.2. The molecule has 0 aromatic heterocycles. The van der Waals surface area contributed by atoms with Gasteiger partial charge in [0, 0.05) is 6.42 Å². The molecule has 0 fully saturated rings. The second kappa shape index (κ2) is 3.47. The molecule has 0 saturated carbocycles. The van der Waals surface area contributed by atoms with Crippen molar-refractivity contribution in [2.45, 2.75) is 19.8 Å². The predicted octanol–water partition coefficient (Wildman–Crippen LogP) is 0.722. The normalized spacial score (nSPS) is 13.2. The van der Waals surface area contributed by atoms with Gasteiger partial charge in [-0.1, -0.05) is 13.3 Å². The van der Waals surface area contributed by atoms with Gasteiger partial charge in [-0.2, -0.15) is 0 Å². The summed E-state index contributed by atoms with van der Waals surface area (Å²) in [7, 11) is 0. The van der Waals surface area contributed by atoms with Crippen LogP contribution < -0.4 is 5.73 Å². The van der Waals surface area contributed by atoms with Gasteiger partial charge in [-0.25, -0.2) is 0 Å². The van der Waals surface area contributed by atoms with E-state index in [0.717, 1.165) is 6.42 Å². The second-order valence-corrected chi connectivity index (χ2v) is 1.94. The highest BCUT2D eigenvalue weighted by atomic mass is 16.1. The predicted molar refractivity (Wildman–Crippen MR) is 32.9 cm³/mol. The van der Waals surface area contributed by atoms with E-state index in [1.807, 2.05) is 6.92 Å². The SMILES string of the molecule is [CH2]C(CC)CC(N)=O. The van der Waals surface area contributed by atoms with Gasteiger partial charge in [-0.05, 0) is 12.8 Å². The van der Waals surface area contributed by atoms with Gasteiger partial charge < -0.3 is 5.73 Å². The Balaban J connectivity index is 3.24. The van der Waals surface area contributed by atoms with Gasteiger partial charge in [0.25, 0.3) is 0 Å². The molecule has 1 atom stereocenters. The molecule has 0 aromatic rings. The van der Waals surface area contributed by atoms with Crippen LogP contribution in [-0.2, 0) is 4.79 Å². The number of nitrogens with two attached hydrogens (primary N) is 1. The lowest BCUT2D eigenvalue weighted by Gasteiger charge is -2.01. The van der Waals surface area contributed by atoms with Crippen molar-refractivity contribution in [2.75, 3.05) is 0 Å². The molecule has 0 aliphatic rings. The van der Waals surface area contributed by atoms with Crippen LogP contribution in [0.5, 0.6) is 0 Å². The van der Waals surface area contributed by atoms with E-state index in [1.54, 1.807) is 0 Å². The Kier molecular flexibility index (Phi) is 3.24. The highest BCUT2D eigenvalue weighted by Crippen LogP contribution is 2.03. The number of amides is 1. The Bertz CT molecular complexity index is 80.6. The molecule has 0 spiro atoms. The minimum atomic E-state index is -0.258. The summed E-state index contributed by atoms with van der Waals surface area (Å²) in [6, 6.07) is 0. The van der Waals surface area contributed by atoms with E-state index in [9.17, 15) is 4.79 Å². The van der Waals surface area contributed by atoms with E-state index >= 15 is 0 Å². The lowest BCUT2D eigenvalue weighted by atomic mass is 10.1. The van der Waals surface area contributed by atoms with Crippen molar-refractivity contribution in [1.82, 2.24) is 0 Å². The number of carbonyl (C=O) groups is 1. The largest absolute Gasteiger partial charge is 0.370 e. The van der Waals surface area contributed by atoms with Crippen molar-refractivity contribution < 1.29 is 4.79 Å². The monoisotopic (exact) mass is 114 g/mol. The molecule has 0 aliphatic heterocycles. The quantitative estimate of drug-likeness (QED) is 0.577. The third kappa shape index (κ3) is 3.65. The van der Waals surface area contributed by atoms with E-state index in [4.69, 9.17) is 5.73 Å². The zero-order chi connectivity index (χ0) is 6.57. The molecule has 0 rings (SSSR count). The van der Waals surface area contributed by atoms with Gasteiger partial charge in [-0.15, -0.1) is 0 Å². The summed E-state index contributed by atoms with van der Waals surface area (Å²) in [4.78, 5) is 10.2. The molecule has 0 bridgehead atoms. The van der Waals surface area contributed by atoms with Crippen LogP contribution in [0.4, 0.5) is 0 Å². The van der Waals surface area contributed by atoms with Crippen molar-refractivity contribution in [2.24, 2.45) is 11.7 Å². The molecule has 0 heterocycles. The Hall–Kier alpha value is -0.530. The molecule has 0 aliphatic carbocycles. The van der Waals surface area contributed by atoms with Crippen molar-refractivity contribution in [3.05, 3.63) is 6.92 Å². The summed E-state index contributed by atoms with van der Waals surface area (Å²) in [6.07, 6.45) is 1.33. The van der Waals surface area contributed by atoms with E-state index in [-0.39, 0.29) is 11.8 Å². The maximum atomic E-state index is 10.2. The van der Waals surface area contributed by atoms with Crippen LogP contribution in [0.25, 0.3) is 0 Å². The molecule has 0 aromatic carbocycles. The topological polar surface area (TPSA) is 43.1 Å². The number of hydrogen-bond donors (Lipinski definition) is 1. The molecule has 1 unspecified atom stereocenters. The Labute approximate surface area is 50.1 Å². The van der Waals surface area contributed by atoms with Crippen molar-refractivity contribution in [3.8, 4) is 0 Å². The fourth-order valence-corrected chi connectivity index (χ4v) is 0.429. The van der Waals surface area contributed by atoms with Crippen LogP contribution in [0.15, 0.2) is 0 Å². The van der Waals surface area contributed by atoms with Gasteiger partial charge in [-0.3, -0.25) is 4.79 Å². The van der Waals surface area contributed by atoms with E-state index in [2.05, 4.69) is 6.92 Å². The highest BCUT2D eigenvalue weighted by Gasteiger charge is 2.01. The molecule has 1 amide bonds. The first-order valence-corrected chi connectivity index (χ1v) is 2.78. The molecular formula is C6H12NO. The fraction of sp³-hybridized carbons (Fsp3) is 0.667. The van der Waals surface area contributed by atoms with Gasteiger partial charge in [0.2, 0.25) is 5.91 Å². The van der Waals surface area contributed by atoms with Gasteiger partial charge in [0.1, 0.15) is 0 Å². The smallest absolute Gasteiger partial charge is 0.217 e. The first-order chi connectivity index (χ1) is 3.66. The highest BCUT2D eigenvalue weighted by molar-refractivity contribution is 5.74. The molecule has 8 heavy (non-hydrogen) atoms. The fourth-order valence-electron chi connectivity index (χ4n) is 0.429. The molecule has 2 nitrogen and oxygen atoms in total. The summed E-state index contributed by atoms with van der Waals surface area (Å²) in [5.41, 5.74) is 4.89. The Morgan fingerprint density at radius 2 is 2.38 bits per heavy atom. The third-order valence-electron chi connectivity index (χ3n) is 1.07. The van der Waals surface area contributed by atoms with Crippen LogP contribution in [0.3, 0.4) is 0 Å². The lowest BCUT2D eigenvalue weighted by molar-refractivity contribution is -0.118. The average molecular weight is 114 g/mol. The number of hydrogen-bond acceptors (Lipinski definition) is 1. The lowest BCUT2D eigenvalue weighted by Crippen LogP contribution is -2.14. The minimum absolute atomic E-state index is 0.201. The minimum Gasteiger partial charge on any atom is -0.370 e. The molecule has 0 saturated heterocycles. The van der Waals surface area contributed by atoms with Crippen LogP contribution >= 0.6 is 0 Å². The maximum Gasteiger partial charge on any atom is 0.217 e. The number of carbonyl (C=O) groups excluding carboxylic acids is 1. The zero-order valence-electron chi connectivity index (χ0n) is 5.18. The second-order valence-electron chi connectivity index (χ2n) is 1.94. The molecule has 1 radical (unpaired) electrons. The Morgan fingerprint density at radius 1 is 1.88 bits per heavy atom. The van der Waals surface area contributed by atoms with E-state index in [0.29, 0.717) is 6.42 Å². The third-order valence-corrected chi connectivity index (χ3v) is 1.07. The van der Waals surface area contributed by atoms with Crippen molar-refractivity contribution in [3.63, 3.8) is 0 Å². The van der Waals surface area contributed by atoms with E-state index < -0.39 is 0 Å². The van der Waals surface area contributed by atoms with Gasteiger partial charge in [0.05, 0.1) is 0 Å². The molecule has 47 valence electrons. The van der Waals surface area contributed by atoms with Crippen LogP contribution in [0.1, 0.15) is 19.8 Å². The molecule has 2 heteroatoms. The summed E-state index contributed by atoms with van der Waals surface area (Å²) in [5.74, 6) is -0.0562. The van der Waals surface area contributed by atoms with Crippen LogP contribution in [0.2, 0.25) is 0 Å². The summed E-state index contributed by atoms with van der Waals surface area (Å²) in [6.45, 7) is 5.68. The number of rotatable bonds is 3. The Morgan fingerprint density at radius 3 is 2.50 bits per heavy atom. The molecular weight excluding hydrogens is 102 g/mol. The zero-order valence-corrected chi connectivity index (χ0v) is 5.18. The van der Waals surface area contributed by atoms with Gasteiger partial charge in [0.15, 0.2) is 0 Å². The molecule has 2 N–H and O–H groups in total. The first kappa shape index (κ1) is 7.47. The summed E-state index contributed by atoms with van der Waals surface area (Å²) < 4.78 is 0. The van der Waals surface area contributed by atoms with Crippen LogP contribution in [-0.4, -0.2) is 5.91 Å². The first-order valence-electron chi connectivity index (χ1n) is 2.78. The van der Waals surface area contributed by atoms with Crippen LogP contribution in [0, 0.1) is 12.8 Å². The van der Waals surface area contributed by atoms with Crippen molar-refractivity contribution >= 4 is 5.91 Å². The summed E-state index contributed by atoms with van der Waals surface area (Å²) >= 11 is 0. The standard InChI is InChI=1S/C6H12NO/c1-3-5(2)4-6(7)8/h5H,2-4H2,1H3,(H2,7,8). The average Bonchev–Trinajstić information content (AvgIpc) is 1.65. The van der Waals surface area contributed by atoms with Crippen molar-refractivity contribution in [1.29, 1.82) is 0 Å². The number of primary amides is 1. The summed E-state index contributed by atoms with van der Waals surface area (Å²) in [5, 5.41) is 0. The van der Waals surface area contributed by atoms with Gasteiger partial charge >= 0.3 is 0 Å².